The van der Waals surface area contributed by atoms with Gasteiger partial charge in [-0.1, -0.05) is 17.8 Å². The number of anilines is 1. The van der Waals surface area contributed by atoms with Crippen LogP contribution < -0.4 is 9.64 Å². The quantitative estimate of drug-likeness (QED) is 0.589. The van der Waals surface area contributed by atoms with Gasteiger partial charge in [-0.3, -0.25) is 9.69 Å². The van der Waals surface area contributed by atoms with Crippen molar-refractivity contribution in [2.45, 2.75) is 57.8 Å². The van der Waals surface area contributed by atoms with E-state index in [1.807, 2.05) is 30.0 Å². The second-order valence-electron chi connectivity index (χ2n) is 8.56. The molecule has 1 aromatic carbocycles. The van der Waals surface area contributed by atoms with Crippen molar-refractivity contribution in [2.24, 2.45) is 0 Å². The highest BCUT2D eigenvalue weighted by Crippen LogP contribution is 2.41. The molecule has 0 saturated carbocycles. The van der Waals surface area contributed by atoms with Gasteiger partial charge in [-0.2, -0.15) is 0 Å². The SMILES string of the molecule is CCOc1ccc2c(c1)C(C)=CC(C)(C)N2C(=O)CSc1nnc(CN2CCCC2)o1. The molecule has 1 aromatic heterocycles. The van der Waals surface area contributed by atoms with Gasteiger partial charge < -0.3 is 14.1 Å². The van der Waals surface area contributed by atoms with E-state index >= 15 is 0 Å². The number of rotatable bonds is 7. The molecule has 1 amide bonds. The van der Waals surface area contributed by atoms with E-state index in [0.717, 1.165) is 35.7 Å². The normalized spacial score (nSPS) is 18.1. The molecule has 8 heteroatoms. The number of ether oxygens (including phenoxy) is 1. The van der Waals surface area contributed by atoms with Crippen LogP contribution in [-0.4, -0.2) is 52.0 Å². The van der Waals surface area contributed by atoms with E-state index < -0.39 is 5.54 Å². The molecule has 7 nitrogen and oxygen atoms in total. The summed E-state index contributed by atoms with van der Waals surface area (Å²) in [5.74, 6) is 1.66. The summed E-state index contributed by atoms with van der Waals surface area (Å²) in [5.41, 5.74) is 2.63. The van der Waals surface area contributed by atoms with Crippen LogP contribution in [0.2, 0.25) is 0 Å². The Labute approximate surface area is 187 Å². The van der Waals surface area contributed by atoms with E-state index in [1.54, 1.807) is 0 Å². The predicted molar refractivity (Wildman–Crippen MR) is 122 cm³/mol. The Hall–Kier alpha value is -2.32. The first-order valence-corrected chi connectivity index (χ1v) is 11.8. The fourth-order valence-corrected chi connectivity index (χ4v) is 5.03. The average molecular weight is 443 g/mol. The van der Waals surface area contributed by atoms with Crippen molar-refractivity contribution in [3.05, 3.63) is 35.7 Å². The minimum absolute atomic E-state index is 0.00320. The summed E-state index contributed by atoms with van der Waals surface area (Å²) < 4.78 is 11.4. The number of nitrogens with zero attached hydrogens (tertiary/aromatic N) is 4. The van der Waals surface area contributed by atoms with Gasteiger partial charge in [0.15, 0.2) is 0 Å². The summed E-state index contributed by atoms with van der Waals surface area (Å²) in [4.78, 5) is 17.5. The topological polar surface area (TPSA) is 71.7 Å². The van der Waals surface area contributed by atoms with Crippen molar-refractivity contribution in [3.8, 4) is 5.75 Å². The Balaban J connectivity index is 1.47. The van der Waals surface area contributed by atoms with E-state index in [4.69, 9.17) is 9.15 Å². The van der Waals surface area contributed by atoms with E-state index in [0.29, 0.717) is 24.3 Å². The number of carbonyl (C=O) groups excluding carboxylic acids is 1. The summed E-state index contributed by atoms with van der Waals surface area (Å²) >= 11 is 1.29. The number of aromatic nitrogens is 2. The highest BCUT2D eigenvalue weighted by molar-refractivity contribution is 7.99. The minimum Gasteiger partial charge on any atom is -0.494 e. The number of fused-ring (bicyclic) bond motifs is 1. The van der Waals surface area contributed by atoms with Crippen LogP contribution in [0.1, 0.15) is 52.0 Å². The Morgan fingerprint density at radius 3 is 2.77 bits per heavy atom. The number of benzene rings is 1. The minimum atomic E-state index is -0.433. The molecule has 0 radical (unpaired) electrons. The molecule has 2 aliphatic heterocycles. The third-order valence-corrected chi connectivity index (χ3v) is 6.47. The molecule has 0 N–H and O–H groups in total. The Morgan fingerprint density at radius 1 is 1.26 bits per heavy atom. The van der Waals surface area contributed by atoms with Crippen molar-refractivity contribution in [1.29, 1.82) is 0 Å². The molecule has 1 fully saturated rings. The second kappa shape index (κ2) is 9.04. The number of hydrogen-bond donors (Lipinski definition) is 0. The molecule has 0 unspecified atom stereocenters. The van der Waals surface area contributed by atoms with E-state index in [1.165, 1.54) is 24.6 Å². The van der Waals surface area contributed by atoms with Gasteiger partial charge in [0.05, 0.1) is 30.1 Å². The lowest BCUT2D eigenvalue weighted by molar-refractivity contribution is -0.116. The molecule has 166 valence electrons. The van der Waals surface area contributed by atoms with Crippen LogP contribution in [0.15, 0.2) is 33.9 Å². The standard InChI is InChI=1S/C23H30N4O3S/c1-5-29-17-8-9-19-18(12-17)16(2)13-23(3,4)27(19)21(28)15-31-22-25-24-20(30-22)14-26-10-6-7-11-26/h8-9,12-13H,5-7,10-11,14-15H2,1-4H3. The highest BCUT2D eigenvalue weighted by Gasteiger charge is 2.36. The highest BCUT2D eigenvalue weighted by atomic mass is 32.2. The third kappa shape index (κ3) is 4.80. The monoisotopic (exact) mass is 442 g/mol. The molecule has 0 spiro atoms. The molecule has 2 aliphatic rings. The molecule has 2 aromatic rings. The number of allylic oxidation sites excluding steroid dienone is 1. The van der Waals surface area contributed by atoms with Crippen molar-refractivity contribution in [1.82, 2.24) is 15.1 Å². The maximum absolute atomic E-state index is 13.3. The lowest BCUT2D eigenvalue weighted by Gasteiger charge is -2.41. The summed E-state index contributed by atoms with van der Waals surface area (Å²) in [5, 5.41) is 8.71. The summed E-state index contributed by atoms with van der Waals surface area (Å²) in [7, 11) is 0. The zero-order valence-electron chi connectivity index (χ0n) is 18.7. The summed E-state index contributed by atoms with van der Waals surface area (Å²) in [6, 6.07) is 5.91. The van der Waals surface area contributed by atoms with Gasteiger partial charge in [0.1, 0.15) is 5.75 Å². The molecule has 0 atom stereocenters. The first-order valence-electron chi connectivity index (χ1n) is 10.8. The molecular weight excluding hydrogens is 412 g/mol. The van der Waals surface area contributed by atoms with Gasteiger partial charge in [-0.25, -0.2) is 0 Å². The number of hydrogen-bond acceptors (Lipinski definition) is 7. The fourth-order valence-electron chi connectivity index (χ4n) is 4.40. The van der Waals surface area contributed by atoms with E-state index in [-0.39, 0.29) is 11.7 Å². The van der Waals surface area contributed by atoms with Crippen LogP contribution in [0.25, 0.3) is 5.57 Å². The van der Waals surface area contributed by atoms with Gasteiger partial charge >= 0.3 is 0 Å². The smallest absolute Gasteiger partial charge is 0.277 e. The molecule has 1 saturated heterocycles. The van der Waals surface area contributed by atoms with Crippen molar-refractivity contribution in [3.63, 3.8) is 0 Å². The van der Waals surface area contributed by atoms with Crippen molar-refractivity contribution < 1.29 is 13.9 Å². The maximum atomic E-state index is 13.3. The second-order valence-corrected chi connectivity index (χ2v) is 9.48. The van der Waals surface area contributed by atoms with Crippen LogP contribution in [0.3, 0.4) is 0 Å². The average Bonchev–Trinajstić information content (AvgIpc) is 3.39. The fraction of sp³-hybridized carbons (Fsp3) is 0.522. The number of carbonyl (C=O) groups is 1. The Bertz CT molecular complexity index is 979. The van der Waals surface area contributed by atoms with Crippen LogP contribution in [0, 0.1) is 0 Å². The lowest BCUT2D eigenvalue weighted by Crippen LogP contribution is -2.49. The van der Waals surface area contributed by atoms with Gasteiger partial charge in [0.25, 0.3) is 5.22 Å². The first-order chi connectivity index (χ1) is 14.9. The lowest BCUT2D eigenvalue weighted by atomic mass is 9.88. The van der Waals surface area contributed by atoms with Crippen LogP contribution >= 0.6 is 11.8 Å². The molecule has 0 bridgehead atoms. The first kappa shape index (κ1) is 21.9. The Kier molecular flexibility index (Phi) is 6.39. The molecule has 4 rings (SSSR count). The van der Waals surface area contributed by atoms with Gasteiger partial charge in [0, 0.05) is 5.56 Å². The van der Waals surface area contributed by atoms with E-state index in [2.05, 4.69) is 41.9 Å². The summed E-state index contributed by atoms with van der Waals surface area (Å²) in [6.45, 7) is 11.6. The van der Waals surface area contributed by atoms with Crippen LogP contribution in [0.5, 0.6) is 5.75 Å². The van der Waals surface area contributed by atoms with Gasteiger partial charge in [-0.15, -0.1) is 10.2 Å². The largest absolute Gasteiger partial charge is 0.494 e. The van der Waals surface area contributed by atoms with Gasteiger partial charge in [0.2, 0.25) is 11.8 Å². The number of likely N-dealkylation sites (tertiary alicyclic amines) is 1. The molecule has 3 heterocycles. The third-order valence-electron chi connectivity index (χ3n) is 5.67. The predicted octanol–water partition coefficient (Wildman–Crippen LogP) is 4.38. The zero-order valence-corrected chi connectivity index (χ0v) is 19.5. The van der Waals surface area contributed by atoms with Gasteiger partial charge in [-0.05, 0) is 77.4 Å². The Morgan fingerprint density at radius 2 is 2.03 bits per heavy atom. The number of amides is 1. The molecule has 0 aliphatic carbocycles. The molecule has 31 heavy (non-hydrogen) atoms. The van der Waals surface area contributed by atoms with Crippen LogP contribution in [-0.2, 0) is 11.3 Å². The maximum Gasteiger partial charge on any atom is 0.277 e. The zero-order chi connectivity index (χ0) is 22.0. The summed E-state index contributed by atoms with van der Waals surface area (Å²) in [6.07, 6.45) is 4.57. The van der Waals surface area contributed by atoms with E-state index in [9.17, 15) is 4.79 Å². The van der Waals surface area contributed by atoms with Crippen molar-refractivity contribution >= 4 is 28.9 Å². The van der Waals surface area contributed by atoms with Crippen molar-refractivity contribution in [2.75, 3.05) is 30.3 Å². The van der Waals surface area contributed by atoms with Crippen LogP contribution in [0.4, 0.5) is 5.69 Å². The molecular formula is C23H30N4O3S. The number of thioether (sulfide) groups is 1.